The van der Waals surface area contributed by atoms with E-state index in [9.17, 15) is 18.0 Å². The molecule has 0 spiro atoms. The highest BCUT2D eigenvalue weighted by atomic mass is 32.2. The van der Waals surface area contributed by atoms with Crippen LogP contribution in [0.1, 0.15) is 40.5 Å². The maximum Gasteiger partial charge on any atom is 0.338 e. The van der Waals surface area contributed by atoms with Crippen LogP contribution in [-0.4, -0.2) is 51.1 Å². The molecule has 1 N–H and O–H groups in total. The number of hydrogen-bond donors (Lipinski definition) is 1. The van der Waals surface area contributed by atoms with E-state index in [1.54, 1.807) is 17.9 Å². The summed E-state index contributed by atoms with van der Waals surface area (Å²) in [6.07, 6.45) is 3.77. The summed E-state index contributed by atoms with van der Waals surface area (Å²) in [5.41, 5.74) is 1.04. The van der Waals surface area contributed by atoms with E-state index in [-0.39, 0.29) is 17.4 Å². The lowest BCUT2D eigenvalue weighted by Gasteiger charge is -2.18. The van der Waals surface area contributed by atoms with Crippen LogP contribution in [-0.2, 0) is 14.8 Å². The Labute approximate surface area is 180 Å². The fraction of sp³-hybridized carbons (Fsp3) is 0.333. The van der Waals surface area contributed by atoms with E-state index in [1.165, 1.54) is 48.2 Å². The first-order valence-electron chi connectivity index (χ1n) is 9.63. The molecule has 1 saturated heterocycles. The molecule has 1 amide bonds. The summed E-state index contributed by atoms with van der Waals surface area (Å²) in [7, 11) is -3.91. The SMILES string of the molecule is CCOC(=O)c1ccc(NS(=O)(=O)c2ccc(SC)c(C(=O)N3CCCC3)c2)cc1. The van der Waals surface area contributed by atoms with Gasteiger partial charge in [0.05, 0.1) is 22.6 Å². The normalized spacial score (nSPS) is 13.9. The van der Waals surface area contributed by atoms with Gasteiger partial charge in [-0.2, -0.15) is 0 Å². The quantitative estimate of drug-likeness (QED) is 0.514. The summed E-state index contributed by atoms with van der Waals surface area (Å²) < 4.78 is 33.2. The second-order valence-electron chi connectivity index (χ2n) is 6.76. The molecule has 2 aromatic carbocycles. The highest BCUT2D eigenvalue weighted by Crippen LogP contribution is 2.27. The van der Waals surface area contributed by atoms with Gasteiger partial charge in [-0.3, -0.25) is 9.52 Å². The summed E-state index contributed by atoms with van der Waals surface area (Å²) >= 11 is 1.41. The van der Waals surface area contributed by atoms with Crippen molar-refractivity contribution in [3.8, 4) is 0 Å². The molecule has 30 heavy (non-hydrogen) atoms. The average molecular weight is 449 g/mol. The van der Waals surface area contributed by atoms with Crippen LogP contribution in [0.5, 0.6) is 0 Å². The molecule has 1 aliphatic rings. The number of benzene rings is 2. The second-order valence-corrected chi connectivity index (χ2v) is 9.30. The molecule has 0 aliphatic carbocycles. The van der Waals surface area contributed by atoms with Crippen molar-refractivity contribution in [3.05, 3.63) is 53.6 Å². The molecule has 1 heterocycles. The Hall–Kier alpha value is -2.52. The number of carbonyl (C=O) groups excluding carboxylic acids is 2. The van der Waals surface area contributed by atoms with Gasteiger partial charge in [0, 0.05) is 23.7 Å². The third-order valence-electron chi connectivity index (χ3n) is 4.75. The fourth-order valence-corrected chi connectivity index (χ4v) is 4.87. The molecule has 160 valence electrons. The first kappa shape index (κ1) is 22.2. The Bertz CT molecular complexity index is 1030. The number of ether oxygens (including phenoxy) is 1. The maximum absolute atomic E-state index is 12.9. The Balaban J connectivity index is 1.84. The van der Waals surface area contributed by atoms with Crippen LogP contribution >= 0.6 is 11.8 Å². The smallest absolute Gasteiger partial charge is 0.338 e. The molecule has 2 aromatic rings. The second kappa shape index (κ2) is 9.53. The van der Waals surface area contributed by atoms with Crippen molar-refractivity contribution in [3.63, 3.8) is 0 Å². The standard InChI is InChI=1S/C21H24N2O5S2/c1-3-28-21(25)15-6-8-16(9-7-15)22-30(26,27)17-10-11-19(29-2)18(14-17)20(24)23-12-4-5-13-23/h6-11,14,22H,3-5,12-13H2,1-2H3. The van der Waals surface area contributed by atoms with Crippen molar-refractivity contribution < 1.29 is 22.7 Å². The third-order valence-corrected chi connectivity index (χ3v) is 6.93. The van der Waals surface area contributed by atoms with E-state index in [2.05, 4.69) is 4.72 Å². The number of likely N-dealkylation sites (tertiary alicyclic amines) is 1. The number of sulfonamides is 1. The van der Waals surface area contributed by atoms with Gasteiger partial charge in [-0.15, -0.1) is 11.8 Å². The highest BCUT2D eigenvalue weighted by molar-refractivity contribution is 7.98. The Morgan fingerprint density at radius 1 is 1.10 bits per heavy atom. The van der Waals surface area contributed by atoms with Gasteiger partial charge < -0.3 is 9.64 Å². The Kier molecular flexibility index (Phi) is 7.04. The van der Waals surface area contributed by atoms with Crippen LogP contribution in [0.15, 0.2) is 52.3 Å². The van der Waals surface area contributed by atoms with Crippen LogP contribution in [0.4, 0.5) is 5.69 Å². The number of hydrogen-bond acceptors (Lipinski definition) is 6. The molecule has 0 unspecified atom stereocenters. The monoisotopic (exact) mass is 448 g/mol. The van der Waals surface area contributed by atoms with Gasteiger partial charge in [0.15, 0.2) is 0 Å². The van der Waals surface area contributed by atoms with Crippen LogP contribution < -0.4 is 4.72 Å². The summed E-state index contributed by atoms with van der Waals surface area (Å²) in [5, 5.41) is 0. The molecule has 7 nitrogen and oxygen atoms in total. The van der Waals surface area contributed by atoms with Crippen LogP contribution in [0, 0.1) is 0 Å². The van der Waals surface area contributed by atoms with Gasteiger partial charge >= 0.3 is 5.97 Å². The maximum atomic E-state index is 12.9. The number of rotatable bonds is 7. The number of carbonyl (C=O) groups is 2. The first-order chi connectivity index (χ1) is 14.4. The Morgan fingerprint density at radius 3 is 2.37 bits per heavy atom. The summed E-state index contributed by atoms with van der Waals surface area (Å²) in [6, 6.07) is 10.6. The molecule has 3 rings (SSSR count). The molecule has 0 atom stereocenters. The summed E-state index contributed by atoms with van der Waals surface area (Å²) in [5.74, 6) is -0.614. The van der Waals surface area contributed by atoms with Gasteiger partial charge in [0.25, 0.3) is 15.9 Å². The topological polar surface area (TPSA) is 92.8 Å². The molecule has 1 aliphatic heterocycles. The zero-order chi connectivity index (χ0) is 21.7. The molecule has 0 radical (unpaired) electrons. The zero-order valence-corrected chi connectivity index (χ0v) is 18.5. The van der Waals surface area contributed by atoms with Crippen molar-refractivity contribution in [2.75, 3.05) is 30.7 Å². The number of nitrogens with one attached hydrogen (secondary N) is 1. The lowest BCUT2D eigenvalue weighted by Crippen LogP contribution is -2.28. The lowest BCUT2D eigenvalue weighted by atomic mass is 10.2. The molecule has 1 fully saturated rings. The van der Waals surface area contributed by atoms with Crippen LogP contribution in [0.25, 0.3) is 0 Å². The molecule has 0 aromatic heterocycles. The molecule has 0 bridgehead atoms. The number of anilines is 1. The molecular formula is C21H24N2O5S2. The van der Waals surface area contributed by atoms with Crippen molar-refractivity contribution in [1.82, 2.24) is 4.90 Å². The average Bonchev–Trinajstić information content (AvgIpc) is 3.28. The number of amides is 1. The number of esters is 1. The van der Waals surface area contributed by atoms with Crippen molar-refractivity contribution in [2.45, 2.75) is 29.6 Å². The zero-order valence-electron chi connectivity index (χ0n) is 16.9. The first-order valence-corrected chi connectivity index (χ1v) is 12.3. The lowest BCUT2D eigenvalue weighted by molar-refractivity contribution is 0.0526. The van der Waals surface area contributed by atoms with Gasteiger partial charge in [-0.05, 0) is 68.5 Å². The third kappa shape index (κ3) is 4.96. The van der Waals surface area contributed by atoms with Crippen molar-refractivity contribution in [2.24, 2.45) is 0 Å². The predicted octanol–water partition coefficient (Wildman–Crippen LogP) is 3.62. The minimum absolute atomic E-state index is 0.0114. The summed E-state index contributed by atoms with van der Waals surface area (Å²) in [6.45, 7) is 3.35. The van der Waals surface area contributed by atoms with Crippen molar-refractivity contribution >= 4 is 39.3 Å². The van der Waals surface area contributed by atoms with Gasteiger partial charge in [-0.25, -0.2) is 13.2 Å². The van der Waals surface area contributed by atoms with Gasteiger partial charge in [0.2, 0.25) is 0 Å². The van der Waals surface area contributed by atoms with E-state index in [0.29, 0.717) is 29.9 Å². The van der Waals surface area contributed by atoms with Gasteiger partial charge in [0.1, 0.15) is 0 Å². The van der Waals surface area contributed by atoms with Crippen LogP contribution in [0.3, 0.4) is 0 Å². The van der Waals surface area contributed by atoms with Crippen molar-refractivity contribution in [1.29, 1.82) is 0 Å². The van der Waals surface area contributed by atoms with E-state index in [1.807, 2.05) is 6.26 Å². The number of nitrogens with zero attached hydrogens (tertiary/aromatic N) is 1. The number of thioether (sulfide) groups is 1. The van der Waals surface area contributed by atoms with Crippen LogP contribution in [0.2, 0.25) is 0 Å². The summed E-state index contributed by atoms with van der Waals surface area (Å²) in [4.78, 5) is 27.1. The Morgan fingerprint density at radius 2 is 1.77 bits per heavy atom. The van der Waals surface area contributed by atoms with E-state index < -0.39 is 16.0 Å². The van der Waals surface area contributed by atoms with Gasteiger partial charge in [-0.1, -0.05) is 0 Å². The molecular weight excluding hydrogens is 424 g/mol. The van der Waals surface area contributed by atoms with E-state index in [4.69, 9.17) is 4.74 Å². The fourth-order valence-electron chi connectivity index (χ4n) is 3.21. The highest BCUT2D eigenvalue weighted by Gasteiger charge is 2.24. The van der Waals surface area contributed by atoms with E-state index in [0.717, 1.165) is 17.7 Å². The molecule has 0 saturated carbocycles. The molecule has 9 heteroatoms. The largest absolute Gasteiger partial charge is 0.462 e. The predicted molar refractivity (Wildman–Crippen MR) is 117 cm³/mol. The minimum Gasteiger partial charge on any atom is -0.462 e. The van der Waals surface area contributed by atoms with E-state index >= 15 is 0 Å². The minimum atomic E-state index is -3.91.